The van der Waals surface area contributed by atoms with E-state index in [9.17, 15) is 0 Å². The molecule has 0 N–H and O–H groups in total. The van der Waals surface area contributed by atoms with Crippen LogP contribution in [0.5, 0.6) is 5.75 Å². The smallest absolute Gasteiger partial charge is 0.134 e. The number of ether oxygens (including phenoxy) is 1. The van der Waals surface area contributed by atoms with E-state index in [0.29, 0.717) is 16.7 Å². The zero-order valence-corrected chi connectivity index (χ0v) is 14.0. The molecule has 0 amide bonds. The van der Waals surface area contributed by atoms with Gasteiger partial charge in [-0.05, 0) is 51.0 Å². The summed E-state index contributed by atoms with van der Waals surface area (Å²) in [6.07, 6.45) is 0. The summed E-state index contributed by atoms with van der Waals surface area (Å²) in [5, 5.41) is 3.58. The van der Waals surface area contributed by atoms with Crippen molar-refractivity contribution >= 4 is 49.9 Å². The van der Waals surface area contributed by atoms with E-state index in [-0.39, 0.29) is 0 Å². The van der Waals surface area contributed by atoms with Crippen LogP contribution < -0.4 is 4.74 Å². The van der Waals surface area contributed by atoms with Crippen LogP contribution in [0, 0.1) is 0 Å². The Bertz CT molecular complexity index is 802. The molecule has 0 radical (unpaired) electrons. The fraction of sp³-hybridized carbons (Fsp3) is 0.0588. The van der Waals surface area contributed by atoms with Crippen molar-refractivity contribution in [1.29, 1.82) is 0 Å². The molecule has 3 aromatic rings. The Balaban J connectivity index is 1.88. The molecule has 0 bridgehead atoms. The predicted molar refractivity (Wildman–Crippen MR) is 92.4 cm³/mol. The Hall–Kier alpha value is -1.22. The van der Waals surface area contributed by atoms with Crippen LogP contribution in [0.1, 0.15) is 5.56 Å². The summed E-state index contributed by atoms with van der Waals surface area (Å²) >= 11 is 15.7. The second-order valence-electron chi connectivity index (χ2n) is 4.62. The van der Waals surface area contributed by atoms with Crippen LogP contribution in [0.15, 0.2) is 59.1 Å². The maximum absolute atomic E-state index is 6.15. The summed E-state index contributed by atoms with van der Waals surface area (Å²) in [6.45, 7) is 0.371. The van der Waals surface area contributed by atoms with Gasteiger partial charge in [-0.3, -0.25) is 0 Å². The highest BCUT2D eigenvalue weighted by atomic mass is 79.9. The van der Waals surface area contributed by atoms with Gasteiger partial charge in [-0.1, -0.05) is 53.5 Å². The molecule has 0 aliphatic heterocycles. The first-order chi connectivity index (χ1) is 10.1. The van der Waals surface area contributed by atoms with Gasteiger partial charge in [-0.2, -0.15) is 0 Å². The highest BCUT2D eigenvalue weighted by Gasteiger charge is 2.08. The molecule has 0 fully saturated rings. The summed E-state index contributed by atoms with van der Waals surface area (Å²) < 4.78 is 6.82. The topological polar surface area (TPSA) is 9.23 Å². The van der Waals surface area contributed by atoms with Crippen LogP contribution in [0.2, 0.25) is 10.0 Å². The highest BCUT2D eigenvalue weighted by Crippen LogP contribution is 2.34. The summed E-state index contributed by atoms with van der Waals surface area (Å²) in [6, 6.07) is 17.5. The molecule has 0 aromatic heterocycles. The lowest BCUT2D eigenvalue weighted by molar-refractivity contribution is 0.305. The van der Waals surface area contributed by atoms with E-state index < -0.39 is 0 Å². The van der Waals surface area contributed by atoms with Crippen LogP contribution >= 0.6 is 39.1 Å². The SMILES string of the molecule is Clc1ccc(Cl)c(COc2ccc3ccccc3c2Br)c1. The van der Waals surface area contributed by atoms with Crippen LogP contribution in [-0.2, 0) is 6.61 Å². The molecular formula is C17H11BrCl2O. The van der Waals surface area contributed by atoms with Gasteiger partial charge in [0.05, 0.1) is 4.47 Å². The predicted octanol–water partition coefficient (Wildman–Crippen LogP) is 6.49. The van der Waals surface area contributed by atoms with E-state index in [1.54, 1.807) is 12.1 Å². The normalized spacial score (nSPS) is 10.8. The lowest BCUT2D eigenvalue weighted by Gasteiger charge is -2.11. The Labute approximate surface area is 141 Å². The Morgan fingerprint density at radius 3 is 2.62 bits per heavy atom. The van der Waals surface area contributed by atoms with Gasteiger partial charge in [0.2, 0.25) is 0 Å². The van der Waals surface area contributed by atoms with Crippen molar-refractivity contribution < 1.29 is 4.74 Å². The second kappa shape index (κ2) is 6.27. The molecule has 0 heterocycles. The summed E-state index contributed by atoms with van der Waals surface area (Å²) in [7, 11) is 0. The summed E-state index contributed by atoms with van der Waals surface area (Å²) in [5.41, 5.74) is 0.865. The first kappa shape index (κ1) is 14.7. The minimum Gasteiger partial charge on any atom is -0.488 e. The zero-order valence-electron chi connectivity index (χ0n) is 10.9. The number of fused-ring (bicyclic) bond motifs is 1. The Morgan fingerprint density at radius 2 is 1.76 bits per heavy atom. The van der Waals surface area contributed by atoms with Crippen molar-refractivity contribution in [2.24, 2.45) is 0 Å². The highest BCUT2D eigenvalue weighted by molar-refractivity contribution is 9.10. The van der Waals surface area contributed by atoms with Crippen molar-refractivity contribution in [3.8, 4) is 5.75 Å². The summed E-state index contributed by atoms with van der Waals surface area (Å²) in [5.74, 6) is 0.782. The number of halogens is 3. The van der Waals surface area contributed by atoms with Gasteiger partial charge in [0.15, 0.2) is 0 Å². The van der Waals surface area contributed by atoms with E-state index in [1.807, 2.05) is 30.3 Å². The minimum absolute atomic E-state index is 0.371. The molecular weight excluding hydrogens is 371 g/mol. The van der Waals surface area contributed by atoms with Crippen LogP contribution in [0.25, 0.3) is 10.8 Å². The molecule has 0 aliphatic rings. The van der Waals surface area contributed by atoms with Crippen LogP contribution in [0.4, 0.5) is 0 Å². The maximum atomic E-state index is 6.15. The first-order valence-corrected chi connectivity index (χ1v) is 7.94. The molecule has 0 unspecified atom stereocenters. The van der Waals surface area contributed by atoms with Gasteiger partial charge in [0.1, 0.15) is 12.4 Å². The van der Waals surface area contributed by atoms with Gasteiger partial charge in [-0.15, -0.1) is 0 Å². The van der Waals surface area contributed by atoms with Gasteiger partial charge in [0.25, 0.3) is 0 Å². The third kappa shape index (κ3) is 3.18. The molecule has 0 spiro atoms. The van der Waals surface area contributed by atoms with E-state index in [2.05, 4.69) is 28.1 Å². The first-order valence-electron chi connectivity index (χ1n) is 6.39. The van der Waals surface area contributed by atoms with Crippen molar-refractivity contribution in [2.45, 2.75) is 6.61 Å². The zero-order chi connectivity index (χ0) is 14.8. The fourth-order valence-corrected chi connectivity index (χ4v) is 3.11. The summed E-state index contributed by atoms with van der Waals surface area (Å²) in [4.78, 5) is 0. The fourth-order valence-electron chi connectivity index (χ4n) is 2.13. The standard InChI is InChI=1S/C17H11BrCl2O/c18-17-14-4-2-1-3-11(14)5-8-16(17)21-10-12-9-13(19)6-7-15(12)20/h1-9H,10H2. The molecule has 1 nitrogen and oxygen atoms in total. The van der Waals surface area contributed by atoms with Gasteiger partial charge < -0.3 is 4.74 Å². The number of hydrogen-bond donors (Lipinski definition) is 0. The Kier molecular flexibility index (Phi) is 4.39. The quantitative estimate of drug-likeness (QED) is 0.503. The molecule has 0 saturated carbocycles. The number of benzene rings is 3. The van der Waals surface area contributed by atoms with E-state index in [1.165, 1.54) is 0 Å². The monoisotopic (exact) mass is 380 g/mol. The molecule has 0 aliphatic carbocycles. The van der Waals surface area contributed by atoms with E-state index in [0.717, 1.165) is 26.6 Å². The number of rotatable bonds is 3. The lowest BCUT2D eigenvalue weighted by Crippen LogP contribution is -1.97. The van der Waals surface area contributed by atoms with E-state index in [4.69, 9.17) is 27.9 Å². The molecule has 106 valence electrons. The van der Waals surface area contributed by atoms with Crippen LogP contribution in [-0.4, -0.2) is 0 Å². The average Bonchev–Trinajstić information content (AvgIpc) is 2.50. The maximum Gasteiger partial charge on any atom is 0.134 e. The van der Waals surface area contributed by atoms with Gasteiger partial charge >= 0.3 is 0 Å². The van der Waals surface area contributed by atoms with Crippen molar-refractivity contribution in [2.75, 3.05) is 0 Å². The molecule has 4 heteroatoms. The number of hydrogen-bond acceptors (Lipinski definition) is 1. The minimum atomic E-state index is 0.371. The largest absolute Gasteiger partial charge is 0.488 e. The Morgan fingerprint density at radius 1 is 0.952 bits per heavy atom. The molecule has 3 rings (SSSR count). The van der Waals surface area contributed by atoms with Crippen LogP contribution in [0.3, 0.4) is 0 Å². The van der Waals surface area contributed by atoms with Crippen molar-refractivity contribution in [3.05, 3.63) is 74.7 Å². The second-order valence-corrected chi connectivity index (χ2v) is 6.26. The van der Waals surface area contributed by atoms with Gasteiger partial charge in [0, 0.05) is 15.6 Å². The van der Waals surface area contributed by atoms with Crippen molar-refractivity contribution in [1.82, 2.24) is 0 Å². The average molecular weight is 382 g/mol. The van der Waals surface area contributed by atoms with E-state index >= 15 is 0 Å². The molecule has 3 aromatic carbocycles. The third-order valence-corrected chi connectivity index (χ3v) is 4.64. The lowest BCUT2D eigenvalue weighted by atomic mass is 10.1. The molecule has 0 saturated heterocycles. The molecule has 0 atom stereocenters. The van der Waals surface area contributed by atoms with Crippen molar-refractivity contribution in [3.63, 3.8) is 0 Å². The molecule has 21 heavy (non-hydrogen) atoms. The van der Waals surface area contributed by atoms with Gasteiger partial charge in [-0.25, -0.2) is 0 Å². The third-order valence-electron chi connectivity index (χ3n) is 3.22.